The summed E-state index contributed by atoms with van der Waals surface area (Å²) >= 11 is 0. The van der Waals surface area contributed by atoms with Crippen molar-refractivity contribution in [3.63, 3.8) is 0 Å². The summed E-state index contributed by atoms with van der Waals surface area (Å²) in [6.45, 7) is 0. The van der Waals surface area contributed by atoms with Crippen molar-refractivity contribution >= 4 is 0 Å². The van der Waals surface area contributed by atoms with E-state index in [0.29, 0.717) is 17.3 Å². The zero-order valence-corrected chi connectivity index (χ0v) is 11.5. The van der Waals surface area contributed by atoms with Gasteiger partial charge in [-0.1, -0.05) is 19.3 Å². The maximum Gasteiger partial charge on any atom is 0.181 e. The number of aromatic amines is 1. The summed E-state index contributed by atoms with van der Waals surface area (Å²) in [7, 11) is 1.45. The van der Waals surface area contributed by atoms with Crippen LogP contribution in [-0.2, 0) is 0 Å². The molecule has 3 rings (SSSR count). The van der Waals surface area contributed by atoms with E-state index in [-0.39, 0.29) is 5.75 Å². The summed E-state index contributed by atoms with van der Waals surface area (Å²) in [5.41, 5.74) is 0.668. The number of benzene rings is 1. The molecule has 1 aromatic heterocycles. The van der Waals surface area contributed by atoms with Crippen LogP contribution in [0.2, 0.25) is 0 Å². The first-order chi connectivity index (χ1) is 9.78. The van der Waals surface area contributed by atoms with E-state index in [1.54, 1.807) is 12.1 Å². The predicted octanol–water partition coefficient (Wildman–Crippen LogP) is 3.67. The van der Waals surface area contributed by atoms with Gasteiger partial charge >= 0.3 is 0 Å². The van der Waals surface area contributed by atoms with Gasteiger partial charge in [-0.05, 0) is 31.0 Å². The van der Waals surface area contributed by atoms with Crippen molar-refractivity contribution in [3.8, 4) is 17.1 Å². The van der Waals surface area contributed by atoms with Gasteiger partial charge in [0.05, 0.1) is 7.11 Å². The van der Waals surface area contributed by atoms with Crippen LogP contribution in [0.5, 0.6) is 5.75 Å². The summed E-state index contributed by atoms with van der Waals surface area (Å²) in [6.07, 6.45) is 6.12. The van der Waals surface area contributed by atoms with E-state index in [9.17, 15) is 4.39 Å². The average molecular weight is 275 g/mol. The Hall–Kier alpha value is -1.91. The van der Waals surface area contributed by atoms with E-state index in [2.05, 4.69) is 15.2 Å². The van der Waals surface area contributed by atoms with E-state index in [1.165, 1.54) is 32.4 Å². The van der Waals surface area contributed by atoms with E-state index in [1.807, 2.05) is 0 Å². The standard InChI is InChI=1S/C15H18FN3O/c1-20-13-8-7-11(9-12(13)16)15-17-14(18-19-15)10-5-3-2-4-6-10/h7-10H,2-6H2,1H3,(H,17,18,19). The molecule has 4 nitrogen and oxygen atoms in total. The SMILES string of the molecule is COc1ccc(-c2n[nH]c(C3CCCCC3)n2)cc1F. The van der Waals surface area contributed by atoms with Gasteiger partial charge in [-0.25, -0.2) is 9.37 Å². The number of ether oxygens (including phenoxy) is 1. The highest BCUT2D eigenvalue weighted by molar-refractivity contribution is 5.56. The zero-order chi connectivity index (χ0) is 13.9. The second-order valence-electron chi connectivity index (χ2n) is 5.23. The largest absolute Gasteiger partial charge is 0.494 e. The molecular formula is C15H18FN3O. The van der Waals surface area contributed by atoms with Crippen LogP contribution < -0.4 is 4.74 Å². The summed E-state index contributed by atoms with van der Waals surface area (Å²) in [5, 5.41) is 7.22. The van der Waals surface area contributed by atoms with E-state index in [4.69, 9.17) is 4.74 Å². The zero-order valence-electron chi connectivity index (χ0n) is 11.5. The van der Waals surface area contributed by atoms with E-state index in [0.717, 1.165) is 18.7 Å². The Bertz CT molecular complexity index is 591. The molecule has 0 aliphatic heterocycles. The first-order valence-corrected chi connectivity index (χ1v) is 7.04. The third-order valence-electron chi connectivity index (χ3n) is 3.90. The van der Waals surface area contributed by atoms with Gasteiger partial charge in [-0.2, -0.15) is 5.10 Å². The van der Waals surface area contributed by atoms with Crippen LogP contribution in [0.25, 0.3) is 11.4 Å². The molecule has 20 heavy (non-hydrogen) atoms. The van der Waals surface area contributed by atoms with Gasteiger partial charge in [0.25, 0.3) is 0 Å². The summed E-state index contributed by atoms with van der Waals surface area (Å²) in [4.78, 5) is 4.53. The minimum Gasteiger partial charge on any atom is -0.494 e. The molecule has 1 aliphatic rings. The molecule has 0 amide bonds. The Labute approximate surface area is 117 Å². The van der Waals surface area contributed by atoms with Crippen LogP contribution in [0.4, 0.5) is 4.39 Å². The first kappa shape index (κ1) is 13.1. The van der Waals surface area contributed by atoms with Gasteiger partial charge < -0.3 is 4.74 Å². The summed E-state index contributed by atoms with van der Waals surface area (Å²) < 4.78 is 18.6. The molecule has 0 saturated heterocycles. The van der Waals surface area contributed by atoms with Crippen LogP contribution in [0.1, 0.15) is 43.8 Å². The average Bonchev–Trinajstić information content (AvgIpc) is 2.98. The molecular weight excluding hydrogens is 257 g/mol. The molecule has 106 valence electrons. The van der Waals surface area contributed by atoms with Crippen LogP contribution in [0.3, 0.4) is 0 Å². The van der Waals surface area contributed by atoms with Gasteiger partial charge in [0.1, 0.15) is 5.82 Å². The monoisotopic (exact) mass is 275 g/mol. The number of aromatic nitrogens is 3. The number of nitrogens with one attached hydrogen (secondary N) is 1. The first-order valence-electron chi connectivity index (χ1n) is 7.04. The van der Waals surface area contributed by atoms with Crippen LogP contribution >= 0.6 is 0 Å². The second kappa shape index (κ2) is 5.61. The van der Waals surface area contributed by atoms with Crippen molar-refractivity contribution in [2.24, 2.45) is 0 Å². The highest BCUT2D eigenvalue weighted by Gasteiger charge is 2.19. The van der Waals surface area contributed by atoms with Crippen molar-refractivity contribution in [1.29, 1.82) is 0 Å². The topological polar surface area (TPSA) is 50.8 Å². The number of nitrogens with zero attached hydrogens (tertiary/aromatic N) is 2. The number of H-pyrrole nitrogens is 1. The molecule has 0 bridgehead atoms. The molecule has 1 aliphatic carbocycles. The summed E-state index contributed by atoms with van der Waals surface area (Å²) in [5.74, 6) is 1.78. The Morgan fingerprint density at radius 2 is 2.05 bits per heavy atom. The molecule has 1 N–H and O–H groups in total. The maximum atomic E-state index is 13.7. The molecule has 5 heteroatoms. The van der Waals surface area contributed by atoms with E-state index >= 15 is 0 Å². The highest BCUT2D eigenvalue weighted by atomic mass is 19.1. The number of halogens is 1. The third kappa shape index (κ3) is 2.53. The molecule has 0 atom stereocenters. The molecule has 1 saturated carbocycles. The lowest BCUT2D eigenvalue weighted by Crippen LogP contribution is -2.06. The van der Waals surface area contributed by atoms with Crippen molar-refractivity contribution in [1.82, 2.24) is 15.2 Å². The molecule has 2 aromatic rings. The van der Waals surface area contributed by atoms with Crippen LogP contribution in [0, 0.1) is 5.82 Å². The molecule has 0 spiro atoms. The number of hydrogen-bond acceptors (Lipinski definition) is 3. The van der Waals surface area contributed by atoms with Crippen molar-refractivity contribution in [3.05, 3.63) is 29.8 Å². The fraction of sp³-hybridized carbons (Fsp3) is 0.467. The lowest BCUT2D eigenvalue weighted by molar-refractivity contribution is 0.386. The minimum atomic E-state index is -0.394. The Morgan fingerprint density at radius 3 is 2.75 bits per heavy atom. The molecule has 1 aromatic carbocycles. The predicted molar refractivity (Wildman–Crippen MR) is 74.2 cm³/mol. The maximum absolute atomic E-state index is 13.7. The Morgan fingerprint density at radius 1 is 1.25 bits per heavy atom. The Kier molecular flexibility index (Phi) is 3.67. The van der Waals surface area contributed by atoms with Crippen molar-refractivity contribution in [2.45, 2.75) is 38.0 Å². The lowest BCUT2D eigenvalue weighted by Gasteiger charge is -2.18. The smallest absolute Gasteiger partial charge is 0.181 e. The molecule has 1 fully saturated rings. The van der Waals surface area contributed by atoms with Crippen LogP contribution in [0.15, 0.2) is 18.2 Å². The van der Waals surface area contributed by atoms with Crippen molar-refractivity contribution < 1.29 is 9.13 Å². The summed E-state index contributed by atoms with van der Waals surface area (Å²) in [6, 6.07) is 4.78. The molecule has 1 heterocycles. The van der Waals surface area contributed by atoms with Crippen LogP contribution in [-0.4, -0.2) is 22.3 Å². The van der Waals surface area contributed by atoms with Gasteiger partial charge in [-0.3, -0.25) is 5.10 Å². The lowest BCUT2D eigenvalue weighted by atomic mass is 9.89. The van der Waals surface area contributed by atoms with Gasteiger partial charge in [0, 0.05) is 11.5 Å². The van der Waals surface area contributed by atoms with Crippen molar-refractivity contribution in [2.75, 3.05) is 7.11 Å². The third-order valence-corrected chi connectivity index (χ3v) is 3.90. The van der Waals surface area contributed by atoms with Gasteiger partial charge in [-0.15, -0.1) is 0 Å². The normalized spacial score (nSPS) is 16.3. The van der Waals surface area contributed by atoms with E-state index < -0.39 is 5.82 Å². The fourth-order valence-corrected chi connectivity index (χ4v) is 2.77. The second-order valence-corrected chi connectivity index (χ2v) is 5.23. The van der Waals surface area contributed by atoms with Gasteiger partial charge in [0.2, 0.25) is 0 Å². The number of rotatable bonds is 3. The van der Waals surface area contributed by atoms with Gasteiger partial charge in [0.15, 0.2) is 17.4 Å². The quantitative estimate of drug-likeness (QED) is 0.929. The highest BCUT2D eigenvalue weighted by Crippen LogP contribution is 2.31. The number of hydrogen-bond donors (Lipinski definition) is 1. The fourth-order valence-electron chi connectivity index (χ4n) is 2.77. The molecule has 0 unspecified atom stereocenters. The Balaban J connectivity index is 1.84. The number of methoxy groups -OCH3 is 1. The molecule has 0 radical (unpaired) electrons. The minimum absolute atomic E-state index is 0.233.